The van der Waals surface area contributed by atoms with E-state index in [0.29, 0.717) is 17.6 Å². The molecular weight excluding hydrogens is 422 g/mol. The lowest BCUT2D eigenvalue weighted by Gasteiger charge is -2.53. The van der Waals surface area contributed by atoms with Gasteiger partial charge in [-0.05, 0) is 54.8 Å². The summed E-state index contributed by atoms with van der Waals surface area (Å²) in [6, 6.07) is 0.342. The first-order chi connectivity index (χ1) is 14.9. The second kappa shape index (κ2) is 8.39. The van der Waals surface area contributed by atoms with Gasteiger partial charge >= 0.3 is 0 Å². The van der Waals surface area contributed by atoms with Gasteiger partial charge in [0.1, 0.15) is 0 Å². The molecule has 3 aliphatic rings. The second-order valence-electron chi connectivity index (χ2n) is 12.0. The number of thiazole rings is 1. The van der Waals surface area contributed by atoms with Crippen molar-refractivity contribution >= 4 is 28.3 Å². The van der Waals surface area contributed by atoms with E-state index in [-0.39, 0.29) is 46.3 Å². The van der Waals surface area contributed by atoms with Crippen LogP contribution < -0.4 is 10.6 Å². The molecule has 178 valence electrons. The van der Waals surface area contributed by atoms with E-state index in [1.165, 1.54) is 4.88 Å². The number of nitrogens with one attached hydrogen (secondary N) is 2. The highest BCUT2D eigenvalue weighted by Crippen LogP contribution is 2.57. The molecule has 0 bridgehead atoms. The molecule has 0 spiro atoms. The molecule has 1 heterocycles. The molecule has 32 heavy (non-hydrogen) atoms. The maximum absolute atomic E-state index is 12.7. The van der Waals surface area contributed by atoms with Crippen LogP contribution in [-0.4, -0.2) is 34.1 Å². The van der Waals surface area contributed by atoms with E-state index >= 15 is 0 Å². The van der Waals surface area contributed by atoms with Crippen LogP contribution in [0.2, 0.25) is 0 Å². The highest BCUT2D eigenvalue weighted by atomic mass is 32.1. The van der Waals surface area contributed by atoms with Gasteiger partial charge in [-0.1, -0.05) is 41.5 Å². The Labute approximate surface area is 196 Å². The van der Waals surface area contributed by atoms with Crippen LogP contribution in [0.3, 0.4) is 0 Å². The monoisotopic (exact) mass is 461 g/mol. The second-order valence-corrected chi connectivity index (χ2v) is 13.1. The summed E-state index contributed by atoms with van der Waals surface area (Å²) in [5.41, 5.74) is 0.922. The molecule has 2 fully saturated rings. The number of fused-ring (bicyclic) bond motifs is 2. The minimum Gasteiger partial charge on any atom is -0.392 e. The lowest BCUT2D eigenvalue weighted by Crippen LogP contribution is -2.53. The third-order valence-corrected chi connectivity index (χ3v) is 8.83. The zero-order chi connectivity index (χ0) is 23.4. The topological polar surface area (TPSA) is 91.3 Å². The molecule has 0 radical (unpaired) electrons. The van der Waals surface area contributed by atoms with Gasteiger partial charge in [-0.25, -0.2) is 4.98 Å². The Morgan fingerprint density at radius 2 is 1.97 bits per heavy atom. The fourth-order valence-electron chi connectivity index (χ4n) is 6.00. The summed E-state index contributed by atoms with van der Waals surface area (Å²) >= 11 is 1.59. The number of hydrogen-bond acceptors (Lipinski definition) is 5. The molecule has 6 atom stereocenters. The average Bonchev–Trinajstić information content (AvgIpc) is 3.38. The zero-order valence-electron chi connectivity index (χ0n) is 20.3. The Morgan fingerprint density at radius 3 is 2.59 bits per heavy atom. The molecule has 0 saturated heterocycles. The van der Waals surface area contributed by atoms with E-state index in [0.717, 1.165) is 37.8 Å². The molecule has 1 aromatic heterocycles. The number of anilines is 1. The highest BCUT2D eigenvalue weighted by molar-refractivity contribution is 7.15. The number of carbonyl (C=O) groups excluding carboxylic acids is 2. The number of aliphatic hydroxyl groups is 1. The molecule has 3 N–H and O–H groups in total. The first-order valence-corrected chi connectivity index (χ1v) is 13.0. The standard InChI is InChI=1S/C25H39N3O3S/c1-13(22(31)26-15-7-8-15)16-9-10-25(6)11-17-20(14(2)19(25)21(16)30)28-23(32-17)27-18(29)12-24(3,4)5/h13-16,19,21,30H,7-12H2,1-6H3,(H,26,31)(H,27,28,29)/t13-,14-,16+,19+,21-,25+/m0/s1. The lowest BCUT2D eigenvalue weighted by atomic mass is 9.53. The number of hydrogen-bond donors (Lipinski definition) is 3. The van der Waals surface area contributed by atoms with Gasteiger partial charge in [0.25, 0.3) is 0 Å². The summed E-state index contributed by atoms with van der Waals surface area (Å²) in [5.74, 6) is 0.0130. The maximum atomic E-state index is 12.7. The van der Waals surface area contributed by atoms with Gasteiger partial charge < -0.3 is 15.7 Å². The number of carbonyl (C=O) groups is 2. The first-order valence-electron chi connectivity index (χ1n) is 12.2. The Balaban J connectivity index is 1.51. The van der Waals surface area contributed by atoms with Gasteiger partial charge in [-0.3, -0.25) is 9.59 Å². The average molecular weight is 462 g/mol. The summed E-state index contributed by atoms with van der Waals surface area (Å²) in [6.07, 6.45) is 4.80. The Kier molecular flexibility index (Phi) is 6.21. The molecule has 7 heteroatoms. The number of amides is 2. The highest BCUT2D eigenvalue weighted by Gasteiger charge is 2.54. The number of nitrogens with zero attached hydrogens (tertiary/aromatic N) is 1. The molecule has 3 aliphatic carbocycles. The summed E-state index contributed by atoms with van der Waals surface area (Å²) in [4.78, 5) is 31.2. The van der Waals surface area contributed by atoms with Crippen LogP contribution in [0.15, 0.2) is 0 Å². The van der Waals surface area contributed by atoms with Crippen molar-refractivity contribution in [3.05, 3.63) is 10.6 Å². The third-order valence-electron chi connectivity index (χ3n) is 7.84. The molecule has 0 unspecified atom stereocenters. The molecule has 2 amide bonds. The number of rotatable bonds is 5. The van der Waals surface area contributed by atoms with E-state index in [1.54, 1.807) is 11.3 Å². The third kappa shape index (κ3) is 4.74. The minimum absolute atomic E-state index is 0.00419. The van der Waals surface area contributed by atoms with Crippen LogP contribution in [0.5, 0.6) is 0 Å². The van der Waals surface area contributed by atoms with Gasteiger partial charge in [0.15, 0.2) is 5.13 Å². The minimum atomic E-state index is -0.530. The van der Waals surface area contributed by atoms with Crippen molar-refractivity contribution in [2.75, 3.05) is 5.32 Å². The fraction of sp³-hybridized carbons (Fsp3) is 0.800. The van der Waals surface area contributed by atoms with Crippen molar-refractivity contribution in [2.24, 2.45) is 28.6 Å². The summed E-state index contributed by atoms with van der Waals surface area (Å²) < 4.78 is 0. The maximum Gasteiger partial charge on any atom is 0.226 e. The van der Waals surface area contributed by atoms with Gasteiger partial charge in [-0.15, -0.1) is 11.3 Å². The van der Waals surface area contributed by atoms with Crippen LogP contribution >= 0.6 is 11.3 Å². The Morgan fingerprint density at radius 1 is 1.28 bits per heavy atom. The van der Waals surface area contributed by atoms with Crippen molar-refractivity contribution in [1.82, 2.24) is 10.3 Å². The largest absolute Gasteiger partial charge is 0.392 e. The molecule has 0 aliphatic heterocycles. The van der Waals surface area contributed by atoms with Crippen LogP contribution in [0.25, 0.3) is 0 Å². The molecule has 0 aromatic carbocycles. The fourth-order valence-corrected chi connectivity index (χ4v) is 7.28. The van der Waals surface area contributed by atoms with Crippen LogP contribution in [-0.2, 0) is 16.0 Å². The lowest BCUT2D eigenvalue weighted by molar-refractivity contribution is -0.134. The van der Waals surface area contributed by atoms with Crippen LogP contribution in [0.4, 0.5) is 5.13 Å². The van der Waals surface area contributed by atoms with Gasteiger partial charge in [0.05, 0.1) is 11.8 Å². The number of aliphatic hydroxyl groups excluding tert-OH is 1. The van der Waals surface area contributed by atoms with Crippen molar-refractivity contribution < 1.29 is 14.7 Å². The van der Waals surface area contributed by atoms with Crippen molar-refractivity contribution in [1.29, 1.82) is 0 Å². The van der Waals surface area contributed by atoms with E-state index in [9.17, 15) is 14.7 Å². The summed E-state index contributed by atoms with van der Waals surface area (Å²) in [7, 11) is 0. The summed E-state index contributed by atoms with van der Waals surface area (Å²) in [6.45, 7) is 12.6. The molecule has 2 saturated carbocycles. The zero-order valence-corrected chi connectivity index (χ0v) is 21.1. The molecule has 1 aromatic rings. The van der Waals surface area contributed by atoms with Crippen molar-refractivity contribution in [3.8, 4) is 0 Å². The predicted octanol–water partition coefficient (Wildman–Crippen LogP) is 4.49. The van der Waals surface area contributed by atoms with Crippen LogP contribution in [0.1, 0.15) is 90.1 Å². The van der Waals surface area contributed by atoms with Crippen molar-refractivity contribution in [3.63, 3.8) is 0 Å². The van der Waals surface area contributed by atoms with E-state index in [4.69, 9.17) is 4.98 Å². The first kappa shape index (κ1) is 23.7. The SMILES string of the molecule is C[C@H](C(=O)NC1CC1)[C@H]1CC[C@]2(C)Cc3sc(NC(=O)CC(C)(C)C)nc3[C@@H](C)[C@@H]2[C@H]1O. The Bertz CT molecular complexity index is 887. The molecular formula is C25H39N3O3S. The quantitative estimate of drug-likeness (QED) is 0.603. The predicted molar refractivity (Wildman–Crippen MR) is 128 cm³/mol. The molecule has 4 rings (SSSR count). The summed E-state index contributed by atoms with van der Waals surface area (Å²) in [5, 5.41) is 18.3. The van der Waals surface area contributed by atoms with Gasteiger partial charge in [0.2, 0.25) is 11.8 Å². The van der Waals surface area contributed by atoms with Crippen molar-refractivity contribution in [2.45, 2.75) is 98.1 Å². The van der Waals surface area contributed by atoms with Crippen LogP contribution in [0, 0.1) is 28.6 Å². The normalized spacial score (nSPS) is 33.1. The smallest absolute Gasteiger partial charge is 0.226 e. The molecule has 6 nitrogen and oxygen atoms in total. The van der Waals surface area contributed by atoms with E-state index < -0.39 is 6.10 Å². The van der Waals surface area contributed by atoms with Gasteiger partial charge in [0, 0.05) is 29.2 Å². The van der Waals surface area contributed by atoms with E-state index in [1.807, 2.05) is 6.92 Å². The van der Waals surface area contributed by atoms with E-state index in [2.05, 4.69) is 45.3 Å². The Hall–Kier alpha value is -1.47. The number of aromatic nitrogens is 1. The van der Waals surface area contributed by atoms with Gasteiger partial charge in [-0.2, -0.15) is 0 Å².